The van der Waals surface area contributed by atoms with Crippen LogP contribution in [0.4, 0.5) is 0 Å². The van der Waals surface area contributed by atoms with Crippen LogP contribution < -0.4 is 10.1 Å². The number of rotatable bonds is 8. The fourth-order valence-electron chi connectivity index (χ4n) is 2.58. The number of ether oxygens (including phenoxy) is 2. The van der Waals surface area contributed by atoms with Gasteiger partial charge in [0.1, 0.15) is 5.75 Å². The fourth-order valence-corrected chi connectivity index (χ4v) is 2.58. The molecule has 1 aromatic carbocycles. The first-order chi connectivity index (χ1) is 10.3. The van der Waals surface area contributed by atoms with Gasteiger partial charge in [-0.15, -0.1) is 0 Å². The predicted molar refractivity (Wildman–Crippen MR) is 85.7 cm³/mol. The average molecular weight is 292 g/mol. The van der Waals surface area contributed by atoms with Crippen LogP contribution in [0, 0.1) is 0 Å². The van der Waals surface area contributed by atoms with E-state index in [1.54, 1.807) is 7.11 Å². The summed E-state index contributed by atoms with van der Waals surface area (Å²) in [5.41, 5.74) is 2.55. The first kappa shape index (κ1) is 16.3. The summed E-state index contributed by atoms with van der Waals surface area (Å²) >= 11 is 0. The SMILES string of the molecule is CCCCNCc1ccc(CN2CCOCC2)cc1OC. The van der Waals surface area contributed by atoms with Gasteiger partial charge in [-0.1, -0.05) is 25.5 Å². The standard InChI is InChI=1S/C17H28N2O2/c1-3-4-7-18-13-16-6-5-15(12-17(16)20-2)14-19-8-10-21-11-9-19/h5-6,12,18H,3-4,7-11,13-14H2,1-2H3. The van der Waals surface area contributed by atoms with Crippen molar-refractivity contribution in [3.8, 4) is 5.75 Å². The summed E-state index contributed by atoms with van der Waals surface area (Å²) in [7, 11) is 1.75. The van der Waals surface area contributed by atoms with Gasteiger partial charge in [0.05, 0.1) is 20.3 Å². The quantitative estimate of drug-likeness (QED) is 0.746. The molecule has 1 N–H and O–H groups in total. The Morgan fingerprint density at radius 3 is 2.81 bits per heavy atom. The van der Waals surface area contributed by atoms with E-state index in [-0.39, 0.29) is 0 Å². The Bertz CT molecular complexity index is 417. The Morgan fingerprint density at radius 2 is 2.10 bits per heavy atom. The number of nitrogens with one attached hydrogen (secondary N) is 1. The van der Waals surface area contributed by atoms with E-state index in [0.717, 1.165) is 51.7 Å². The molecule has 118 valence electrons. The molecule has 0 bridgehead atoms. The van der Waals surface area contributed by atoms with Gasteiger partial charge in [-0.3, -0.25) is 4.90 Å². The monoisotopic (exact) mass is 292 g/mol. The smallest absolute Gasteiger partial charge is 0.123 e. The van der Waals surface area contributed by atoms with E-state index in [1.807, 2.05) is 0 Å². The maximum absolute atomic E-state index is 5.55. The molecule has 1 saturated heterocycles. The molecule has 1 aromatic rings. The summed E-state index contributed by atoms with van der Waals surface area (Å²) in [5.74, 6) is 0.991. The Balaban J connectivity index is 1.91. The highest BCUT2D eigenvalue weighted by Crippen LogP contribution is 2.21. The topological polar surface area (TPSA) is 33.7 Å². The lowest BCUT2D eigenvalue weighted by Gasteiger charge is -2.26. The summed E-state index contributed by atoms with van der Waals surface area (Å²) in [6, 6.07) is 6.58. The maximum atomic E-state index is 5.55. The Labute approximate surface area is 128 Å². The van der Waals surface area contributed by atoms with Crippen molar-refractivity contribution in [2.45, 2.75) is 32.9 Å². The van der Waals surface area contributed by atoms with E-state index in [1.165, 1.54) is 24.0 Å². The van der Waals surface area contributed by atoms with Crippen LogP contribution in [-0.2, 0) is 17.8 Å². The minimum atomic E-state index is 0.844. The van der Waals surface area contributed by atoms with Crippen molar-refractivity contribution in [2.75, 3.05) is 40.0 Å². The van der Waals surface area contributed by atoms with Gasteiger partial charge in [-0.2, -0.15) is 0 Å². The first-order valence-electron chi connectivity index (χ1n) is 8.00. The molecule has 1 aliphatic rings. The molecule has 4 nitrogen and oxygen atoms in total. The third kappa shape index (κ3) is 5.30. The zero-order valence-electron chi connectivity index (χ0n) is 13.4. The van der Waals surface area contributed by atoms with Gasteiger partial charge < -0.3 is 14.8 Å². The molecular weight excluding hydrogens is 264 g/mol. The highest BCUT2D eigenvalue weighted by Gasteiger charge is 2.12. The van der Waals surface area contributed by atoms with Crippen LogP contribution in [0.3, 0.4) is 0 Å². The van der Waals surface area contributed by atoms with Crippen LogP contribution in [0.2, 0.25) is 0 Å². The van der Waals surface area contributed by atoms with Crippen molar-refractivity contribution in [2.24, 2.45) is 0 Å². The average Bonchev–Trinajstić information content (AvgIpc) is 2.53. The van der Waals surface area contributed by atoms with Crippen LogP contribution in [-0.4, -0.2) is 44.9 Å². The second-order valence-electron chi connectivity index (χ2n) is 5.57. The third-order valence-corrected chi connectivity index (χ3v) is 3.88. The van der Waals surface area contributed by atoms with Crippen molar-refractivity contribution in [1.82, 2.24) is 10.2 Å². The van der Waals surface area contributed by atoms with Gasteiger partial charge in [-0.05, 0) is 24.6 Å². The minimum absolute atomic E-state index is 0.844. The highest BCUT2D eigenvalue weighted by molar-refractivity contribution is 5.37. The minimum Gasteiger partial charge on any atom is -0.496 e. The van der Waals surface area contributed by atoms with Crippen LogP contribution in [0.25, 0.3) is 0 Å². The van der Waals surface area contributed by atoms with Gasteiger partial charge in [0.2, 0.25) is 0 Å². The van der Waals surface area contributed by atoms with Gasteiger partial charge in [-0.25, -0.2) is 0 Å². The van der Waals surface area contributed by atoms with Crippen LogP contribution >= 0.6 is 0 Å². The lowest BCUT2D eigenvalue weighted by molar-refractivity contribution is 0.0341. The molecule has 21 heavy (non-hydrogen) atoms. The van der Waals surface area contributed by atoms with E-state index in [0.29, 0.717) is 0 Å². The van der Waals surface area contributed by atoms with E-state index < -0.39 is 0 Å². The molecule has 1 fully saturated rings. The van der Waals surface area contributed by atoms with Gasteiger partial charge in [0, 0.05) is 31.7 Å². The molecule has 0 spiro atoms. The number of hydrogen-bond acceptors (Lipinski definition) is 4. The molecule has 0 amide bonds. The Hall–Kier alpha value is -1.10. The molecule has 0 unspecified atom stereocenters. The number of hydrogen-bond donors (Lipinski definition) is 1. The molecule has 0 atom stereocenters. The maximum Gasteiger partial charge on any atom is 0.123 e. The number of benzene rings is 1. The highest BCUT2D eigenvalue weighted by atomic mass is 16.5. The zero-order chi connectivity index (χ0) is 14.9. The molecule has 0 aromatic heterocycles. The second-order valence-corrected chi connectivity index (χ2v) is 5.57. The van der Waals surface area contributed by atoms with E-state index in [2.05, 4.69) is 35.3 Å². The number of methoxy groups -OCH3 is 1. The summed E-state index contributed by atoms with van der Waals surface area (Å²) in [6.07, 6.45) is 2.44. The lowest BCUT2D eigenvalue weighted by Crippen LogP contribution is -2.35. The van der Waals surface area contributed by atoms with Crippen molar-refractivity contribution >= 4 is 0 Å². The number of unbranched alkanes of at least 4 members (excludes halogenated alkanes) is 1. The first-order valence-corrected chi connectivity index (χ1v) is 8.00. The number of nitrogens with zero attached hydrogens (tertiary/aromatic N) is 1. The largest absolute Gasteiger partial charge is 0.496 e. The molecular formula is C17H28N2O2. The van der Waals surface area contributed by atoms with Gasteiger partial charge >= 0.3 is 0 Å². The second kappa shape index (κ2) is 9.03. The third-order valence-electron chi connectivity index (χ3n) is 3.88. The normalized spacial score (nSPS) is 16.1. The fraction of sp³-hybridized carbons (Fsp3) is 0.647. The zero-order valence-corrected chi connectivity index (χ0v) is 13.4. The predicted octanol–water partition coefficient (Wildman–Crippen LogP) is 2.42. The molecule has 0 aliphatic carbocycles. The molecule has 1 aliphatic heterocycles. The van der Waals surface area contributed by atoms with Crippen LogP contribution in [0.15, 0.2) is 18.2 Å². The van der Waals surface area contributed by atoms with Gasteiger partial charge in [0.25, 0.3) is 0 Å². The molecule has 0 saturated carbocycles. The van der Waals surface area contributed by atoms with Crippen molar-refractivity contribution in [3.05, 3.63) is 29.3 Å². The van der Waals surface area contributed by atoms with Crippen molar-refractivity contribution in [1.29, 1.82) is 0 Å². The molecule has 0 radical (unpaired) electrons. The van der Waals surface area contributed by atoms with E-state index in [9.17, 15) is 0 Å². The van der Waals surface area contributed by atoms with Crippen LogP contribution in [0.1, 0.15) is 30.9 Å². The molecule has 1 heterocycles. The Kier molecular flexibility index (Phi) is 7.00. The summed E-state index contributed by atoms with van der Waals surface area (Å²) < 4.78 is 10.9. The molecule has 2 rings (SSSR count). The lowest BCUT2D eigenvalue weighted by atomic mass is 10.1. The summed E-state index contributed by atoms with van der Waals surface area (Å²) in [5, 5.41) is 3.47. The summed E-state index contributed by atoms with van der Waals surface area (Å²) in [6.45, 7) is 8.85. The van der Waals surface area contributed by atoms with Gasteiger partial charge in [0.15, 0.2) is 0 Å². The Morgan fingerprint density at radius 1 is 1.29 bits per heavy atom. The van der Waals surface area contributed by atoms with Crippen molar-refractivity contribution < 1.29 is 9.47 Å². The summed E-state index contributed by atoms with van der Waals surface area (Å²) in [4.78, 5) is 2.43. The van der Waals surface area contributed by atoms with Crippen LogP contribution in [0.5, 0.6) is 5.75 Å². The number of morpholine rings is 1. The van der Waals surface area contributed by atoms with E-state index in [4.69, 9.17) is 9.47 Å². The van der Waals surface area contributed by atoms with Crippen molar-refractivity contribution in [3.63, 3.8) is 0 Å². The molecule has 4 heteroatoms. The van der Waals surface area contributed by atoms with E-state index >= 15 is 0 Å².